The van der Waals surface area contributed by atoms with Gasteiger partial charge in [-0.2, -0.15) is 5.26 Å². The van der Waals surface area contributed by atoms with Gasteiger partial charge in [0.15, 0.2) is 0 Å². The van der Waals surface area contributed by atoms with Crippen molar-refractivity contribution < 1.29 is 5.11 Å². The summed E-state index contributed by atoms with van der Waals surface area (Å²) < 4.78 is 0. The topological polar surface area (TPSA) is 44.0 Å². The Morgan fingerprint density at radius 2 is 1.56 bits per heavy atom. The maximum atomic E-state index is 11.3. The third kappa shape index (κ3) is 3.29. The van der Waals surface area contributed by atoms with Crippen LogP contribution in [-0.4, -0.2) is 5.11 Å². The number of fused-ring (bicyclic) bond motifs is 1. The summed E-state index contributed by atoms with van der Waals surface area (Å²) in [5.41, 5.74) is 0.689. The van der Waals surface area contributed by atoms with Crippen LogP contribution in [0.25, 0.3) is 10.8 Å². The van der Waals surface area contributed by atoms with Gasteiger partial charge in [0.1, 0.15) is 11.5 Å². The van der Waals surface area contributed by atoms with Gasteiger partial charge in [-0.25, -0.2) is 0 Å². The van der Waals surface area contributed by atoms with Crippen molar-refractivity contribution in [2.45, 2.75) is 31.8 Å². The lowest BCUT2D eigenvalue weighted by atomic mass is 9.69. The third-order valence-electron chi connectivity index (χ3n) is 4.77. The quantitative estimate of drug-likeness (QED) is 0.683. The molecule has 3 aromatic rings. The van der Waals surface area contributed by atoms with E-state index in [0.29, 0.717) is 6.42 Å². The van der Waals surface area contributed by atoms with Gasteiger partial charge in [0.25, 0.3) is 0 Å². The third-order valence-corrected chi connectivity index (χ3v) is 4.77. The fourth-order valence-electron chi connectivity index (χ4n) is 3.60. The van der Waals surface area contributed by atoms with Crippen LogP contribution in [0, 0.1) is 17.2 Å². The summed E-state index contributed by atoms with van der Waals surface area (Å²) in [5.74, 6) is 0.287. The molecule has 0 amide bonds. The molecule has 0 fully saturated rings. The number of aliphatic hydroxyl groups excluding tert-OH is 1. The smallest absolute Gasteiger partial charge is 0.112 e. The summed E-state index contributed by atoms with van der Waals surface area (Å²) in [6, 6.07) is 26.1. The molecule has 2 heteroatoms. The number of aliphatic hydroxyl groups is 1. The number of rotatable bonds is 5. The summed E-state index contributed by atoms with van der Waals surface area (Å²) >= 11 is 0. The van der Waals surface area contributed by atoms with E-state index in [4.69, 9.17) is 0 Å². The highest BCUT2D eigenvalue weighted by Crippen LogP contribution is 2.42. The fraction of sp³-hybridized carbons (Fsp3) is 0.261. The average Bonchev–Trinajstić information content (AvgIpc) is 2.65. The average molecular weight is 329 g/mol. The van der Waals surface area contributed by atoms with Crippen molar-refractivity contribution in [3.63, 3.8) is 0 Å². The van der Waals surface area contributed by atoms with E-state index in [9.17, 15) is 10.4 Å². The molecule has 0 aliphatic carbocycles. The second-order valence-electron chi connectivity index (χ2n) is 7.06. The van der Waals surface area contributed by atoms with Gasteiger partial charge in [0.2, 0.25) is 0 Å². The Morgan fingerprint density at radius 1 is 0.920 bits per heavy atom. The van der Waals surface area contributed by atoms with Crippen LogP contribution in [0.5, 0.6) is 0 Å². The Kier molecular flexibility index (Phi) is 4.88. The maximum Gasteiger partial charge on any atom is 0.112 e. The molecule has 25 heavy (non-hydrogen) atoms. The first-order chi connectivity index (χ1) is 12.1. The molecule has 0 saturated carbocycles. The van der Waals surface area contributed by atoms with E-state index in [-0.39, 0.29) is 5.92 Å². The molecule has 126 valence electrons. The van der Waals surface area contributed by atoms with Crippen molar-refractivity contribution in [3.05, 3.63) is 83.9 Å². The van der Waals surface area contributed by atoms with E-state index in [1.165, 1.54) is 0 Å². The summed E-state index contributed by atoms with van der Waals surface area (Å²) in [6.07, 6.45) is -0.284. The van der Waals surface area contributed by atoms with Gasteiger partial charge in [-0.1, -0.05) is 80.6 Å². The van der Waals surface area contributed by atoms with Crippen LogP contribution in [0.3, 0.4) is 0 Å². The molecular formula is C23H23NO. The largest absolute Gasteiger partial charge is 0.386 e. The number of nitrogens with zero attached hydrogens (tertiary/aromatic N) is 1. The Morgan fingerprint density at radius 3 is 2.20 bits per heavy atom. The molecule has 1 N–H and O–H groups in total. The minimum atomic E-state index is -0.960. The Balaban J connectivity index is 2.12. The highest BCUT2D eigenvalue weighted by molar-refractivity contribution is 5.83. The van der Waals surface area contributed by atoms with Crippen molar-refractivity contribution in [3.8, 4) is 6.07 Å². The zero-order valence-electron chi connectivity index (χ0n) is 14.7. The van der Waals surface area contributed by atoms with Gasteiger partial charge < -0.3 is 5.11 Å². The number of hydrogen-bond acceptors (Lipinski definition) is 2. The van der Waals surface area contributed by atoms with Crippen molar-refractivity contribution in [1.82, 2.24) is 0 Å². The fourth-order valence-corrected chi connectivity index (χ4v) is 3.60. The molecule has 0 aliphatic heterocycles. The lowest BCUT2D eigenvalue weighted by Crippen LogP contribution is -2.34. The van der Waals surface area contributed by atoms with Gasteiger partial charge in [-0.15, -0.1) is 0 Å². The van der Waals surface area contributed by atoms with Crippen molar-refractivity contribution in [1.29, 1.82) is 5.26 Å². The van der Waals surface area contributed by atoms with Gasteiger partial charge in [-0.05, 0) is 40.3 Å². The lowest BCUT2D eigenvalue weighted by Gasteiger charge is -2.34. The molecular weight excluding hydrogens is 306 g/mol. The predicted octanol–water partition coefficient (Wildman–Crippen LogP) is 5.38. The van der Waals surface area contributed by atoms with Crippen LogP contribution in [0.2, 0.25) is 0 Å². The minimum absolute atomic E-state index is 0.287. The van der Waals surface area contributed by atoms with E-state index >= 15 is 0 Å². The lowest BCUT2D eigenvalue weighted by molar-refractivity contribution is 0.0972. The first kappa shape index (κ1) is 17.2. The molecule has 0 aromatic heterocycles. The molecule has 2 atom stereocenters. The van der Waals surface area contributed by atoms with E-state index in [0.717, 1.165) is 21.9 Å². The highest BCUT2D eigenvalue weighted by Gasteiger charge is 2.41. The molecule has 0 radical (unpaired) electrons. The number of hydrogen-bond donors (Lipinski definition) is 1. The van der Waals surface area contributed by atoms with Gasteiger partial charge >= 0.3 is 0 Å². The van der Waals surface area contributed by atoms with E-state index in [2.05, 4.69) is 19.9 Å². The Labute approximate surface area is 149 Å². The van der Waals surface area contributed by atoms with Gasteiger partial charge in [0, 0.05) is 0 Å². The van der Waals surface area contributed by atoms with Crippen LogP contribution >= 0.6 is 0 Å². The minimum Gasteiger partial charge on any atom is -0.386 e. The summed E-state index contributed by atoms with van der Waals surface area (Å²) in [7, 11) is 0. The van der Waals surface area contributed by atoms with Gasteiger partial charge in [0.05, 0.1) is 6.07 Å². The van der Waals surface area contributed by atoms with Crippen LogP contribution in [-0.2, 0) is 5.41 Å². The molecule has 0 unspecified atom stereocenters. The zero-order valence-corrected chi connectivity index (χ0v) is 14.7. The normalized spacial score (nSPS) is 14.8. The van der Waals surface area contributed by atoms with Gasteiger partial charge in [-0.3, -0.25) is 0 Å². The first-order valence-corrected chi connectivity index (χ1v) is 8.70. The summed E-state index contributed by atoms with van der Waals surface area (Å²) in [4.78, 5) is 0. The van der Waals surface area contributed by atoms with E-state index < -0.39 is 11.5 Å². The number of nitriles is 1. The monoisotopic (exact) mass is 329 g/mol. The molecule has 0 heterocycles. The SMILES string of the molecule is CC(C)C[C@](C#N)(c1ccccc1)[C@@H](O)c1ccc2ccccc2c1. The molecule has 2 nitrogen and oxygen atoms in total. The molecule has 0 saturated heterocycles. The second kappa shape index (κ2) is 7.09. The van der Waals surface area contributed by atoms with Crippen molar-refractivity contribution >= 4 is 10.8 Å². The standard InChI is InChI=1S/C23H23NO/c1-17(2)15-23(16-24,21-10-4-3-5-11-21)22(25)20-13-12-18-8-6-7-9-19(18)14-20/h3-14,17,22,25H,15H2,1-2H3/t22-,23-/m0/s1. The molecule has 0 spiro atoms. The maximum absolute atomic E-state index is 11.3. The molecule has 0 aliphatic rings. The predicted molar refractivity (Wildman–Crippen MR) is 102 cm³/mol. The molecule has 3 aromatic carbocycles. The second-order valence-corrected chi connectivity index (χ2v) is 7.06. The van der Waals surface area contributed by atoms with E-state index in [1.807, 2.05) is 72.8 Å². The summed E-state index contributed by atoms with van der Waals surface area (Å²) in [6.45, 7) is 4.17. The Bertz CT molecular complexity index is 895. The Hall–Kier alpha value is -2.63. The van der Waals surface area contributed by atoms with Crippen LogP contribution in [0.4, 0.5) is 0 Å². The highest BCUT2D eigenvalue weighted by atomic mass is 16.3. The molecule has 0 bridgehead atoms. The molecule has 3 rings (SSSR count). The number of benzene rings is 3. The first-order valence-electron chi connectivity index (χ1n) is 8.70. The van der Waals surface area contributed by atoms with Crippen LogP contribution in [0.15, 0.2) is 72.8 Å². The van der Waals surface area contributed by atoms with Crippen LogP contribution < -0.4 is 0 Å². The van der Waals surface area contributed by atoms with Crippen molar-refractivity contribution in [2.24, 2.45) is 5.92 Å². The van der Waals surface area contributed by atoms with E-state index in [1.54, 1.807) is 0 Å². The summed E-state index contributed by atoms with van der Waals surface area (Å²) in [5, 5.41) is 23.6. The zero-order chi connectivity index (χ0) is 17.9. The van der Waals surface area contributed by atoms with Crippen LogP contribution in [0.1, 0.15) is 37.5 Å². The van der Waals surface area contributed by atoms with Crippen molar-refractivity contribution in [2.75, 3.05) is 0 Å².